The van der Waals surface area contributed by atoms with Gasteiger partial charge in [-0.25, -0.2) is 0 Å². The first-order chi connectivity index (χ1) is 8.66. The van der Waals surface area contributed by atoms with Gasteiger partial charge in [-0.2, -0.15) is 0 Å². The zero-order chi connectivity index (χ0) is 13.6. The minimum atomic E-state index is -0.0738. The molecule has 0 fully saturated rings. The van der Waals surface area contributed by atoms with Crippen molar-refractivity contribution in [3.63, 3.8) is 0 Å². The van der Waals surface area contributed by atoms with Gasteiger partial charge in [-0.05, 0) is 31.9 Å². The summed E-state index contributed by atoms with van der Waals surface area (Å²) in [6.45, 7) is 1.45. The first kappa shape index (κ1) is 16.6. The minimum Gasteiger partial charge on any atom is -0.295 e. The average molecular weight is 248 g/mol. The Morgan fingerprint density at radius 1 is 0.944 bits per heavy atom. The van der Waals surface area contributed by atoms with Crippen LogP contribution in [0.1, 0.15) is 64.7 Å². The van der Waals surface area contributed by atoms with Crippen molar-refractivity contribution in [1.82, 2.24) is 0 Å². The van der Waals surface area contributed by atoms with Crippen LogP contribution in [-0.2, 0) is 9.59 Å². The van der Waals surface area contributed by atoms with Gasteiger partial charge in [0.25, 0.3) is 0 Å². The Morgan fingerprint density at radius 2 is 1.50 bits per heavy atom. The van der Waals surface area contributed by atoms with E-state index >= 15 is 0 Å². The largest absolute Gasteiger partial charge is 0.295 e. The molecule has 0 aromatic rings. The molecule has 0 bridgehead atoms. The summed E-state index contributed by atoms with van der Waals surface area (Å²) in [5.74, 6) is 2.62. The highest BCUT2D eigenvalue weighted by Crippen LogP contribution is 2.09. The molecule has 0 spiro atoms. The summed E-state index contributed by atoms with van der Waals surface area (Å²) < 4.78 is 0. The number of rotatable bonds is 11. The number of terminal acetylenes is 1. The van der Waals surface area contributed by atoms with E-state index in [1.165, 1.54) is 44.8 Å². The maximum absolute atomic E-state index is 11.3. The summed E-state index contributed by atoms with van der Waals surface area (Å²) in [4.78, 5) is 21.9. The first-order valence-corrected chi connectivity index (χ1v) is 6.81. The van der Waals surface area contributed by atoms with Crippen molar-refractivity contribution in [2.24, 2.45) is 0 Å². The van der Waals surface area contributed by atoms with Crippen LogP contribution in [0.4, 0.5) is 0 Å². The van der Waals surface area contributed by atoms with E-state index in [-0.39, 0.29) is 11.6 Å². The summed E-state index contributed by atoms with van der Waals surface area (Å²) in [6.07, 6.45) is 17.3. The van der Waals surface area contributed by atoms with Crippen LogP contribution in [-0.4, -0.2) is 11.6 Å². The molecule has 0 aliphatic rings. The van der Waals surface area contributed by atoms with Gasteiger partial charge in [0.05, 0.1) is 0 Å². The van der Waals surface area contributed by atoms with E-state index in [1.54, 1.807) is 0 Å². The Hall–Kier alpha value is -1.36. The van der Waals surface area contributed by atoms with E-state index in [1.807, 2.05) is 0 Å². The zero-order valence-corrected chi connectivity index (χ0v) is 11.4. The Morgan fingerprint density at radius 3 is 2.06 bits per heavy atom. The molecule has 18 heavy (non-hydrogen) atoms. The van der Waals surface area contributed by atoms with E-state index in [9.17, 15) is 9.59 Å². The second-order valence-electron chi connectivity index (χ2n) is 4.59. The highest BCUT2D eigenvalue weighted by atomic mass is 16.1. The van der Waals surface area contributed by atoms with E-state index in [2.05, 4.69) is 5.92 Å². The standard InChI is InChI=1S/C16H24O2/c1-3-4-5-6-7-8-9-10-11-12-16(18)14-13-15(2)17/h1,13-14H,4-12H2,2H3/b14-13+. The van der Waals surface area contributed by atoms with Gasteiger partial charge in [-0.3, -0.25) is 9.59 Å². The van der Waals surface area contributed by atoms with Crippen LogP contribution in [0.5, 0.6) is 0 Å². The van der Waals surface area contributed by atoms with Gasteiger partial charge < -0.3 is 0 Å². The van der Waals surface area contributed by atoms with Crippen molar-refractivity contribution in [1.29, 1.82) is 0 Å². The van der Waals surface area contributed by atoms with Crippen molar-refractivity contribution in [3.8, 4) is 12.3 Å². The fraction of sp³-hybridized carbons (Fsp3) is 0.625. The quantitative estimate of drug-likeness (QED) is 0.316. The van der Waals surface area contributed by atoms with Gasteiger partial charge in [-0.15, -0.1) is 12.3 Å². The highest BCUT2D eigenvalue weighted by Gasteiger charge is 1.97. The maximum atomic E-state index is 11.3. The molecule has 0 saturated heterocycles. The third kappa shape index (κ3) is 12.7. The van der Waals surface area contributed by atoms with Gasteiger partial charge in [0, 0.05) is 12.8 Å². The van der Waals surface area contributed by atoms with Crippen LogP contribution in [0.2, 0.25) is 0 Å². The Balaban J connectivity index is 3.28. The summed E-state index contributed by atoms with van der Waals surface area (Å²) in [6, 6.07) is 0. The smallest absolute Gasteiger partial charge is 0.155 e. The Bertz CT molecular complexity index is 308. The molecule has 2 heteroatoms. The summed E-state index contributed by atoms with van der Waals surface area (Å²) >= 11 is 0. The second-order valence-corrected chi connectivity index (χ2v) is 4.59. The number of unbranched alkanes of at least 4 members (excludes halogenated alkanes) is 7. The lowest BCUT2D eigenvalue weighted by Gasteiger charge is -2.00. The van der Waals surface area contributed by atoms with Gasteiger partial charge in [0.2, 0.25) is 0 Å². The van der Waals surface area contributed by atoms with Gasteiger partial charge >= 0.3 is 0 Å². The van der Waals surface area contributed by atoms with Crippen LogP contribution in [0.3, 0.4) is 0 Å². The third-order valence-corrected chi connectivity index (χ3v) is 2.75. The lowest BCUT2D eigenvalue weighted by Crippen LogP contribution is -1.94. The molecular weight excluding hydrogens is 224 g/mol. The molecule has 0 saturated carbocycles. The van der Waals surface area contributed by atoms with Gasteiger partial charge in [0.1, 0.15) is 0 Å². The maximum Gasteiger partial charge on any atom is 0.155 e. The van der Waals surface area contributed by atoms with Crippen molar-refractivity contribution >= 4 is 11.6 Å². The number of hydrogen-bond acceptors (Lipinski definition) is 2. The molecule has 0 heterocycles. The first-order valence-electron chi connectivity index (χ1n) is 6.81. The average Bonchev–Trinajstić information content (AvgIpc) is 2.34. The molecule has 0 N–H and O–H groups in total. The molecule has 2 nitrogen and oxygen atoms in total. The lowest BCUT2D eigenvalue weighted by atomic mass is 10.1. The number of carbonyl (C=O) groups excluding carboxylic acids is 2. The van der Waals surface area contributed by atoms with Crippen LogP contribution < -0.4 is 0 Å². The predicted molar refractivity (Wildman–Crippen MR) is 75.2 cm³/mol. The summed E-state index contributed by atoms with van der Waals surface area (Å²) in [7, 11) is 0. The van der Waals surface area contributed by atoms with E-state index in [4.69, 9.17) is 6.42 Å². The number of hydrogen-bond donors (Lipinski definition) is 0. The molecule has 0 atom stereocenters. The van der Waals surface area contributed by atoms with Crippen LogP contribution >= 0.6 is 0 Å². The Kier molecular flexibility index (Phi) is 11.2. The van der Waals surface area contributed by atoms with E-state index in [0.29, 0.717) is 6.42 Å². The second kappa shape index (κ2) is 12.1. The molecule has 0 aromatic heterocycles. The van der Waals surface area contributed by atoms with E-state index in [0.717, 1.165) is 25.7 Å². The SMILES string of the molecule is C#CCCCCCCCCCC(=O)/C=C/C(C)=O. The van der Waals surface area contributed by atoms with Crippen molar-refractivity contribution in [2.75, 3.05) is 0 Å². The molecule has 0 rings (SSSR count). The molecule has 0 amide bonds. The topological polar surface area (TPSA) is 34.1 Å². The zero-order valence-electron chi connectivity index (χ0n) is 11.4. The van der Waals surface area contributed by atoms with Crippen LogP contribution in [0, 0.1) is 12.3 Å². The fourth-order valence-electron chi connectivity index (χ4n) is 1.70. The van der Waals surface area contributed by atoms with Gasteiger partial charge in [0.15, 0.2) is 11.6 Å². The molecule has 0 unspecified atom stereocenters. The minimum absolute atomic E-state index is 0.0548. The monoisotopic (exact) mass is 248 g/mol. The molecule has 100 valence electrons. The van der Waals surface area contributed by atoms with Crippen LogP contribution in [0.15, 0.2) is 12.2 Å². The number of ketones is 2. The van der Waals surface area contributed by atoms with Gasteiger partial charge in [-0.1, -0.05) is 32.1 Å². The van der Waals surface area contributed by atoms with E-state index < -0.39 is 0 Å². The molecule has 0 aliphatic heterocycles. The molecular formula is C16H24O2. The van der Waals surface area contributed by atoms with Crippen molar-refractivity contribution in [3.05, 3.63) is 12.2 Å². The summed E-state index contributed by atoms with van der Waals surface area (Å²) in [5, 5.41) is 0. The van der Waals surface area contributed by atoms with Crippen molar-refractivity contribution in [2.45, 2.75) is 64.7 Å². The molecule has 0 radical (unpaired) electrons. The molecule has 0 aliphatic carbocycles. The normalized spacial score (nSPS) is 10.4. The molecule has 0 aromatic carbocycles. The number of allylic oxidation sites excluding steroid dienone is 2. The highest BCUT2D eigenvalue weighted by molar-refractivity contribution is 5.97. The van der Waals surface area contributed by atoms with Crippen molar-refractivity contribution < 1.29 is 9.59 Å². The lowest BCUT2D eigenvalue weighted by molar-refractivity contribution is -0.116. The summed E-state index contributed by atoms with van der Waals surface area (Å²) in [5.41, 5.74) is 0. The number of carbonyl (C=O) groups is 2. The third-order valence-electron chi connectivity index (χ3n) is 2.75. The van der Waals surface area contributed by atoms with Crippen LogP contribution in [0.25, 0.3) is 0 Å². The predicted octanol–water partition coefficient (Wildman–Crippen LogP) is 3.84. The fourth-order valence-corrected chi connectivity index (χ4v) is 1.70. The Labute approximate surface area is 111 Å².